The van der Waals surface area contributed by atoms with E-state index in [1.807, 2.05) is 36.4 Å². The van der Waals surface area contributed by atoms with Gasteiger partial charge in [0, 0.05) is 0 Å². The second kappa shape index (κ2) is 7.01. The standard InChI is InChI=1S/C14H14O3.N2O/c1-9(14(15)16)10-3-4-12-8-13(17-2)6-5-11(12)7-10;1-2-3/h3-9H,1-2H3,(H,15,16);. The highest BCUT2D eigenvalue weighted by atomic mass is 16.5. The van der Waals surface area contributed by atoms with Crippen LogP contribution in [0.15, 0.2) is 36.4 Å². The van der Waals surface area contributed by atoms with Crippen molar-refractivity contribution in [2.24, 2.45) is 0 Å². The van der Waals surface area contributed by atoms with Crippen LogP contribution >= 0.6 is 0 Å². The average Bonchev–Trinajstić information content (AvgIpc) is 2.46. The lowest BCUT2D eigenvalue weighted by Crippen LogP contribution is -2.06. The molecule has 2 rings (SSSR count). The zero-order valence-electron chi connectivity index (χ0n) is 11.1. The van der Waals surface area contributed by atoms with Gasteiger partial charge in [-0.15, -0.1) is 0 Å². The molecule has 104 valence electrons. The van der Waals surface area contributed by atoms with Gasteiger partial charge in [0.1, 0.15) is 10.7 Å². The molecule has 1 unspecified atom stereocenters. The summed E-state index contributed by atoms with van der Waals surface area (Å²) >= 11 is 0. The van der Waals surface area contributed by atoms with E-state index in [4.69, 9.17) is 20.3 Å². The van der Waals surface area contributed by atoms with E-state index in [1.54, 1.807) is 14.0 Å². The van der Waals surface area contributed by atoms with Gasteiger partial charge in [0.25, 0.3) is 0 Å². The largest absolute Gasteiger partial charge is 0.497 e. The summed E-state index contributed by atoms with van der Waals surface area (Å²) in [5.74, 6) is -0.490. The number of hydrogen-bond donors (Lipinski definition) is 1. The molecule has 2 aromatic carbocycles. The summed E-state index contributed by atoms with van der Waals surface area (Å²) in [5, 5.41) is 11.0. The molecular weight excluding hydrogens is 260 g/mol. The maximum atomic E-state index is 10.9. The number of nitroso groups, excluding NO2 is 1. The smallest absolute Gasteiger partial charge is 0.310 e. The fourth-order valence-electron chi connectivity index (χ4n) is 1.78. The Kier molecular flexibility index (Phi) is 5.38. The molecule has 0 aromatic heterocycles. The van der Waals surface area contributed by atoms with E-state index < -0.39 is 11.9 Å². The van der Waals surface area contributed by atoms with Gasteiger partial charge in [0.15, 0.2) is 4.91 Å². The number of hydrogen-bond acceptors (Lipinski definition) is 3. The van der Waals surface area contributed by atoms with Crippen molar-refractivity contribution >= 4 is 16.7 Å². The van der Waals surface area contributed by atoms with Crippen molar-refractivity contribution in [2.75, 3.05) is 7.11 Å². The minimum absolute atomic E-state index is 0.485. The molecule has 0 aliphatic rings. The second-order valence-corrected chi connectivity index (χ2v) is 4.11. The number of rotatable bonds is 3. The molecule has 0 aliphatic carbocycles. The molecule has 20 heavy (non-hydrogen) atoms. The first-order valence-electron chi connectivity index (χ1n) is 5.80. The predicted octanol–water partition coefficient (Wildman–Crippen LogP) is 2.88. The summed E-state index contributed by atoms with van der Waals surface area (Å²) in [5.41, 5.74) is 7.45. The van der Waals surface area contributed by atoms with Gasteiger partial charge in [-0.05, 0) is 35.4 Å². The van der Waals surface area contributed by atoms with Crippen LogP contribution in [-0.2, 0) is 4.79 Å². The van der Waals surface area contributed by atoms with Gasteiger partial charge < -0.3 is 9.84 Å². The predicted molar refractivity (Wildman–Crippen MR) is 75.4 cm³/mol. The average molecular weight is 274 g/mol. The summed E-state index contributed by atoms with van der Waals surface area (Å²) in [6.07, 6.45) is 0. The zero-order chi connectivity index (χ0) is 15.1. The molecule has 6 nitrogen and oxygen atoms in total. The summed E-state index contributed by atoms with van der Waals surface area (Å²) < 4.78 is 5.14. The Hall–Kier alpha value is -2.72. The van der Waals surface area contributed by atoms with Crippen molar-refractivity contribution in [1.29, 1.82) is 0 Å². The first-order chi connectivity index (χ1) is 9.53. The van der Waals surface area contributed by atoms with Crippen molar-refractivity contribution in [3.05, 3.63) is 52.4 Å². The fourth-order valence-corrected chi connectivity index (χ4v) is 1.78. The minimum atomic E-state index is -0.808. The molecule has 0 fully saturated rings. The molecule has 0 saturated heterocycles. The van der Waals surface area contributed by atoms with Crippen molar-refractivity contribution < 1.29 is 14.6 Å². The maximum Gasteiger partial charge on any atom is 0.310 e. The molecule has 0 heterocycles. The third kappa shape index (κ3) is 3.63. The van der Waals surface area contributed by atoms with Crippen molar-refractivity contribution in [1.82, 2.24) is 4.97 Å². The number of carboxylic acids is 1. The first kappa shape index (κ1) is 15.3. The topological polar surface area (TPSA) is 100 Å². The lowest BCUT2D eigenvalue weighted by atomic mass is 9.98. The molecular formula is C14H14N2O4. The van der Waals surface area contributed by atoms with E-state index in [0.29, 0.717) is 0 Å². The van der Waals surface area contributed by atoms with Gasteiger partial charge in [-0.25, -0.2) is 0 Å². The van der Waals surface area contributed by atoms with E-state index in [2.05, 4.69) is 0 Å². The van der Waals surface area contributed by atoms with Crippen molar-refractivity contribution in [3.63, 3.8) is 0 Å². The van der Waals surface area contributed by atoms with Gasteiger partial charge >= 0.3 is 5.97 Å². The molecule has 0 spiro atoms. The quantitative estimate of drug-likeness (QED) is 0.686. The highest BCUT2D eigenvalue weighted by Crippen LogP contribution is 2.25. The number of methoxy groups -OCH3 is 1. The Morgan fingerprint density at radius 3 is 2.35 bits per heavy atom. The second-order valence-electron chi connectivity index (χ2n) is 4.11. The van der Waals surface area contributed by atoms with Crippen LogP contribution in [-0.4, -0.2) is 18.2 Å². The normalized spacial score (nSPS) is 10.9. The van der Waals surface area contributed by atoms with Gasteiger partial charge in [-0.2, -0.15) is 0 Å². The Morgan fingerprint density at radius 2 is 1.80 bits per heavy atom. The third-order valence-corrected chi connectivity index (χ3v) is 2.94. The molecule has 6 heteroatoms. The SMILES string of the molecule is COc1ccc2cc(C(C)C(=O)O)ccc2c1.[N-]=[N+]=O. The summed E-state index contributed by atoms with van der Waals surface area (Å²) in [4.78, 5) is 20.3. The Balaban J connectivity index is 0.000000612. The number of ether oxygens (including phenoxy) is 1. The minimum Gasteiger partial charge on any atom is -0.497 e. The van der Waals surface area contributed by atoms with E-state index in [0.717, 1.165) is 22.1 Å². The Labute approximate surface area is 115 Å². The number of carbonyl (C=O) groups is 1. The number of nitrogens with zero attached hydrogens (tertiary/aromatic N) is 2. The van der Waals surface area contributed by atoms with Gasteiger partial charge in [0.05, 0.1) is 13.0 Å². The molecule has 1 N–H and O–H groups in total. The van der Waals surface area contributed by atoms with Gasteiger partial charge in [-0.3, -0.25) is 10.3 Å². The van der Waals surface area contributed by atoms with Crippen molar-refractivity contribution in [2.45, 2.75) is 12.8 Å². The molecule has 0 saturated carbocycles. The molecule has 0 amide bonds. The van der Waals surface area contributed by atoms with Crippen LogP contribution in [0.25, 0.3) is 16.3 Å². The highest BCUT2D eigenvalue weighted by molar-refractivity contribution is 5.86. The lowest BCUT2D eigenvalue weighted by molar-refractivity contribution is -0.138. The highest BCUT2D eigenvalue weighted by Gasteiger charge is 2.13. The zero-order valence-corrected chi connectivity index (χ0v) is 11.1. The van der Waals surface area contributed by atoms with Crippen LogP contribution in [0.5, 0.6) is 5.75 Å². The number of fused-ring (bicyclic) bond motifs is 1. The first-order valence-corrected chi connectivity index (χ1v) is 5.80. The summed E-state index contributed by atoms with van der Waals surface area (Å²) in [7, 11) is 1.63. The van der Waals surface area contributed by atoms with Crippen LogP contribution in [0.3, 0.4) is 0 Å². The van der Waals surface area contributed by atoms with E-state index >= 15 is 0 Å². The summed E-state index contributed by atoms with van der Waals surface area (Å²) in [6, 6.07) is 11.4. The van der Waals surface area contributed by atoms with Crippen LogP contribution in [0.1, 0.15) is 18.4 Å². The molecule has 0 radical (unpaired) electrons. The number of aliphatic carboxylic acids is 1. The monoisotopic (exact) mass is 274 g/mol. The van der Waals surface area contributed by atoms with E-state index in [-0.39, 0.29) is 0 Å². The van der Waals surface area contributed by atoms with Gasteiger partial charge in [0.2, 0.25) is 0 Å². The number of carboxylic acid groups (broad SMARTS) is 1. The van der Waals surface area contributed by atoms with E-state index in [1.165, 1.54) is 4.97 Å². The van der Waals surface area contributed by atoms with Gasteiger partial charge in [-0.1, -0.05) is 24.3 Å². The third-order valence-electron chi connectivity index (χ3n) is 2.94. The van der Waals surface area contributed by atoms with Crippen LogP contribution in [0.2, 0.25) is 0 Å². The van der Waals surface area contributed by atoms with Crippen molar-refractivity contribution in [3.8, 4) is 5.75 Å². The Bertz CT molecular complexity index is 649. The molecule has 1 atom stereocenters. The van der Waals surface area contributed by atoms with Crippen LogP contribution in [0, 0.1) is 4.91 Å². The molecule has 2 aromatic rings. The Morgan fingerprint density at radius 1 is 1.25 bits per heavy atom. The fraction of sp³-hybridized carbons (Fsp3) is 0.214. The molecule has 0 aliphatic heterocycles. The van der Waals surface area contributed by atoms with E-state index in [9.17, 15) is 4.79 Å². The maximum absolute atomic E-state index is 10.9. The summed E-state index contributed by atoms with van der Waals surface area (Å²) in [6.45, 7) is 1.69. The molecule has 0 bridgehead atoms. The lowest BCUT2D eigenvalue weighted by Gasteiger charge is -2.08. The number of benzene rings is 2. The van der Waals surface area contributed by atoms with Crippen LogP contribution in [0.4, 0.5) is 0 Å². The van der Waals surface area contributed by atoms with Crippen LogP contribution < -0.4 is 9.71 Å².